The lowest BCUT2D eigenvalue weighted by molar-refractivity contribution is -0.125. The summed E-state index contributed by atoms with van der Waals surface area (Å²) in [5.74, 6) is -0.0854. The number of nitrogens with one attached hydrogen (secondary N) is 1. The number of fused-ring (bicyclic) bond motifs is 1. The first-order valence-corrected chi connectivity index (χ1v) is 6.73. The second-order valence-electron chi connectivity index (χ2n) is 5.56. The minimum absolute atomic E-state index is 0.0854. The highest BCUT2D eigenvalue weighted by atomic mass is 16.5. The van der Waals surface area contributed by atoms with Crippen LogP contribution in [0, 0.1) is 5.41 Å². The minimum Gasteiger partial charge on any atom is -0.379 e. The highest BCUT2D eigenvalue weighted by Gasteiger charge is 2.44. The Bertz CT molecular complexity index is 656. The predicted octanol–water partition coefficient (Wildman–Crippen LogP) is 2.14. The number of carbonyl (C=O) groups excluding carboxylic acids is 1. The molecular formula is C16H18N2O2. The molecule has 20 heavy (non-hydrogen) atoms. The van der Waals surface area contributed by atoms with Crippen molar-refractivity contribution in [3.63, 3.8) is 0 Å². The topological polar surface area (TPSA) is 64.3 Å². The molecule has 1 fully saturated rings. The lowest BCUT2D eigenvalue weighted by Crippen LogP contribution is -2.47. The molecule has 1 aliphatic heterocycles. The molecule has 1 saturated heterocycles. The number of hydrogen-bond donors (Lipinski definition) is 2. The van der Waals surface area contributed by atoms with Crippen LogP contribution in [0.2, 0.25) is 0 Å². The third kappa shape index (κ3) is 2.17. The van der Waals surface area contributed by atoms with Gasteiger partial charge in [0.1, 0.15) is 0 Å². The molecule has 3 rings (SSSR count). The van der Waals surface area contributed by atoms with Crippen LogP contribution in [0.25, 0.3) is 10.8 Å². The summed E-state index contributed by atoms with van der Waals surface area (Å²) in [6, 6.07) is 13.7. The van der Waals surface area contributed by atoms with Gasteiger partial charge in [-0.2, -0.15) is 0 Å². The van der Waals surface area contributed by atoms with E-state index in [1.54, 1.807) is 0 Å². The summed E-state index contributed by atoms with van der Waals surface area (Å²) in [4.78, 5) is 12.4. The third-order valence-corrected chi connectivity index (χ3v) is 4.04. The Kier molecular flexibility index (Phi) is 3.20. The number of rotatable bonds is 2. The van der Waals surface area contributed by atoms with E-state index in [2.05, 4.69) is 5.32 Å². The number of hydrogen-bond acceptors (Lipinski definition) is 3. The first-order valence-electron chi connectivity index (χ1n) is 6.73. The van der Waals surface area contributed by atoms with Crippen molar-refractivity contribution in [3.8, 4) is 0 Å². The summed E-state index contributed by atoms with van der Waals surface area (Å²) in [6.07, 6.45) is 0. The van der Waals surface area contributed by atoms with Gasteiger partial charge in [-0.05, 0) is 29.8 Å². The molecule has 1 amide bonds. The van der Waals surface area contributed by atoms with Crippen LogP contribution >= 0.6 is 0 Å². The molecule has 104 valence electrons. The average Bonchev–Trinajstić information content (AvgIpc) is 2.80. The third-order valence-electron chi connectivity index (χ3n) is 4.04. The van der Waals surface area contributed by atoms with Crippen LogP contribution < -0.4 is 11.1 Å². The van der Waals surface area contributed by atoms with Crippen LogP contribution in [0.3, 0.4) is 0 Å². The second kappa shape index (κ2) is 4.89. The molecule has 0 radical (unpaired) electrons. The van der Waals surface area contributed by atoms with Gasteiger partial charge in [-0.3, -0.25) is 4.79 Å². The number of ether oxygens (including phenoxy) is 1. The number of carbonyl (C=O) groups is 1. The van der Waals surface area contributed by atoms with Crippen molar-refractivity contribution in [1.82, 2.24) is 0 Å². The van der Waals surface area contributed by atoms with E-state index in [-0.39, 0.29) is 11.9 Å². The number of amides is 1. The maximum atomic E-state index is 12.4. The first-order chi connectivity index (χ1) is 9.59. The van der Waals surface area contributed by atoms with Crippen LogP contribution in [0.4, 0.5) is 5.69 Å². The number of anilines is 1. The molecular weight excluding hydrogens is 252 g/mol. The zero-order valence-electron chi connectivity index (χ0n) is 11.4. The van der Waals surface area contributed by atoms with E-state index in [1.165, 1.54) is 0 Å². The minimum atomic E-state index is -0.661. The van der Waals surface area contributed by atoms with Gasteiger partial charge >= 0.3 is 0 Å². The first kappa shape index (κ1) is 13.1. The van der Waals surface area contributed by atoms with Crippen molar-refractivity contribution in [2.24, 2.45) is 11.1 Å². The molecule has 2 atom stereocenters. The molecule has 1 aliphatic rings. The summed E-state index contributed by atoms with van der Waals surface area (Å²) in [5, 5.41) is 5.20. The van der Waals surface area contributed by atoms with Crippen molar-refractivity contribution in [1.29, 1.82) is 0 Å². The van der Waals surface area contributed by atoms with Gasteiger partial charge in [0.15, 0.2) is 0 Å². The predicted molar refractivity (Wildman–Crippen MR) is 79.5 cm³/mol. The maximum absolute atomic E-state index is 12.4. The van der Waals surface area contributed by atoms with Crippen molar-refractivity contribution in [3.05, 3.63) is 42.5 Å². The largest absolute Gasteiger partial charge is 0.379 e. The van der Waals surface area contributed by atoms with Crippen LogP contribution in [0.15, 0.2) is 42.5 Å². The molecule has 0 spiro atoms. The molecule has 4 nitrogen and oxygen atoms in total. The van der Waals surface area contributed by atoms with Crippen molar-refractivity contribution in [2.75, 3.05) is 18.5 Å². The quantitative estimate of drug-likeness (QED) is 0.878. The molecule has 0 bridgehead atoms. The summed E-state index contributed by atoms with van der Waals surface area (Å²) >= 11 is 0. The fourth-order valence-electron chi connectivity index (χ4n) is 2.46. The summed E-state index contributed by atoms with van der Waals surface area (Å²) in [6.45, 7) is 2.65. The summed E-state index contributed by atoms with van der Waals surface area (Å²) < 4.78 is 5.32. The van der Waals surface area contributed by atoms with Crippen LogP contribution in [0.5, 0.6) is 0 Å². The number of nitrogens with two attached hydrogens (primary N) is 1. The molecule has 0 aliphatic carbocycles. The zero-order chi connectivity index (χ0) is 14.2. The van der Waals surface area contributed by atoms with E-state index in [4.69, 9.17) is 10.5 Å². The molecule has 1 heterocycles. The monoisotopic (exact) mass is 270 g/mol. The zero-order valence-corrected chi connectivity index (χ0v) is 11.4. The van der Waals surface area contributed by atoms with E-state index < -0.39 is 5.41 Å². The van der Waals surface area contributed by atoms with Crippen molar-refractivity contribution < 1.29 is 9.53 Å². The number of benzene rings is 2. The normalized spacial score (nSPS) is 25.8. The van der Waals surface area contributed by atoms with Gasteiger partial charge in [0.05, 0.1) is 18.6 Å². The Morgan fingerprint density at radius 1 is 1.30 bits per heavy atom. The summed E-state index contributed by atoms with van der Waals surface area (Å²) in [5.41, 5.74) is 6.10. The summed E-state index contributed by atoms with van der Waals surface area (Å²) in [7, 11) is 0. The van der Waals surface area contributed by atoms with Gasteiger partial charge in [-0.1, -0.05) is 30.3 Å². The highest BCUT2D eigenvalue weighted by Crippen LogP contribution is 2.29. The van der Waals surface area contributed by atoms with E-state index in [0.717, 1.165) is 16.5 Å². The lowest BCUT2D eigenvalue weighted by atomic mass is 9.85. The Labute approximate surface area is 117 Å². The molecule has 0 aromatic heterocycles. The van der Waals surface area contributed by atoms with Crippen molar-refractivity contribution in [2.45, 2.75) is 13.0 Å². The molecule has 3 N–H and O–H groups in total. The van der Waals surface area contributed by atoms with E-state index in [0.29, 0.717) is 13.2 Å². The van der Waals surface area contributed by atoms with Gasteiger partial charge in [0.2, 0.25) is 5.91 Å². The SMILES string of the molecule is CC1(C(=O)Nc2ccc3ccccc3c2)COCC1N. The molecule has 2 unspecified atom stereocenters. The van der Waals surface area contributed by atoms with Crippen molar-refractivity contribution >= 4 is 22.4 Å². The van der Waals surface area contributed by atoms with Crippen LogP contribution in [0.1, 0.15) is 6.92 Å². The smallest absolute Gasteiger partial charge is 0.234 e. The second-order valence-corrected chi connectivity index (χ2v) is 5.56. The Morgan fingerprint density at radius 2 is 2.05 bits per heavy atom. The lowest BCUT2D eigenvalue weighted by Gasteiger charge is -2.25. The molecule has 4 heteroatoms. The molecule has 2 aromatic rings. The van der Waals surface area contributed by atoms with Gasteiger partial charge in [0.25, 0.3) is 0 Å². The van der Waals surface area contributed by atoms with E-state index in [1.807, 2.05) is 49.4 Å². The fourth-order valence-corrected chi connectivity index (χ4v) is 2.46. The van der Waals surface area contributed by atoms with Crippen LogP contribution in [-0.2, 0) is 9.53 Å². The highest BCUT2D eigenvalue weighted by molar-refractivity contribution is 5.98. The molecule has 2 aromatic carbocycles. The Hall–Kier alpha value is -1.91. The molecule has 0 saturated carbocycles. The van der Waals surface area contributed by atoms with Gasteiger partial charge in [-0.15, -0.1) is 0 Å². The van der Waals surface area contributed by atoms with E-state index in [9.17, 15) is 4.79 Å². The van der Waals surface area contributed by atoms with Crippen LogP contribution in [-0.4, -0.2) is 25.2 Å². The van der Waals surface area contributed by atoms with Gasteiger partial charge < -0.3 is 15.8 Å². The fraction of sp³-hybridized carbons (Fsp3) is 0.312. The Balaban J connectivity index is 1.84. The maximum Gasteiger partial charge on any atom is 0.234 e. The van der Waals surface area contributed by atoms with E-state index >= 15 is 0 Å². The van der Waals surface area contributed by atoms with Gasteiger partial charge in [0, 0.05) is 11.7 Å². The Morgan fingerprint density at radius 3 is 2.75 bits per heavy atom. The average molecular weight is 270 g/mol. The standard InChI is InChI=1S/C16H18N2O2/c1-16(10-20-9-14(16)17)15(19)18-13-7-6-11-4-2-3-5-12(11)8-13/h2-8,14H,9-10,17H2,1H3,(H,18,19). The van der Waals surface area contributed by atoms with Gasteiger partial charge in [-0.25, -0.2) is 0 Å².